The molecular weight excluding hydrogens is 346 g/mol. The maximum atomic E-state index is 10.9. The van der Waals surface area contributed by atoms with Gasteiger partial charge in [0.1, 0.15) is 5.75 Å². The topological polar surface area (TPSA) is 46.2 Å². The Bertz CT molecular complexity index is 758. The highest BCUT2D eigenvalue weighted by atomic mass is 28.3. The van der Waals surface area contributed by atoms with Crippen LogP contribution in [0.25, 0.3) is 0 Å². The van der Waals surface area contributed by atoms with Crippen molar-refractivity contribution >= 4 is 18.9 Å². The van der Waals surface area contributed by atoms with Crippen LogP contribution in [0.3, 0.4) is 0 Å². The Morgan fingerprint density at radius 2 is 1.30 bits per heavy atom. The summed E-state index contributed by atoms with van der Waals surface area (Å²) >= 11 is 0. The third-order valence-corrected chi connectivity index (χ3v) is 8.91. The number of phenolic OH excluding ortho intramolecular Hbond substituents is 1. The van der Waals surface area contributed by atoms with Crippen molar-refractivity contribution in [3.05, 3.63) is 53.1 Å². The number of hydrogen-bond acceptors (Lipinski definition) is 2. The lowest BCUT2D eigenvalue weighted by molar-refractivity contribution is 0.422. The summed E-state index contributed by atoms with van der Waals surface area (Å²) in [5.74, 6) is 0.466. The highest BCUT2D eigenvalue weighted by Crippen LogP contribution is 2.40. The highest BCUT2D eigenvalue weighted by molar-refractivity contribution is 6.89. The van der Waals surface area contributed by atoms with Crippen molar-refractivity contribution in [1.29, 1.82) is 0 Å². The molecule has 3 N–H and O–H groups in total. The minimum Gasteiger partial charge on any atom is -0.507 e. The molecular formula is C24H37NOSi. The molecule has 0 unspecified atom stereocenters. The Kier molecular flexibility index (Phi) is 5.87. The quantitative estimate of drug-likeness (QED) is 0.523. The lowest BCUT2D eigenvalue weighted by atomic mass is 9.78. The standard InChI is InChI=1S/C24H37NOSi/c1-23(2,3)20-15-17(16-21(22(20)26)24(4,5)6)13-14-27(7,8)19-11-9-18(25)10-12-19/h9-12,15-16,26H,13-14,25H2,1-8H3. The lowest BCUT2D eigenvalue weighted by Gasteiger charge is -2.29. The highest BCUT2D eigenvalue weighted by Gasteiger charge is 2.28. The third kappa shape index (κ3) is 5.16. The van der Waals surface area contributed by atoms with Gasteiger partial charge in [-0.3, -0.25) is 0 Å². The average molecular weight is 384 g/mol. The molecule has 2 aromatic rings. The summed E-state index contributed by atoms with van der Waals surface area (Å²) in [6.07, 6.45) is 1.04. The zero-order chi connectivity index (χ0) is 20.6. The summed E-state index contributed by atoms with van der Waals surface area (Å²) in [5, 5.41) is 12.4. The first-order valence-electron chi connectivity index (χ1n) is 9.95. The Morgan fingerprint density at radius 1 is 0.852 bits per heavy atom. The van der Waals surface area contributed by atoms with E-state index in [0.717, 1.165) is 23.2 Å². The number of nitrogen functional groups attached to an aromatic ring is 1. The Morgan fingerprint density at radius 3 is 1.70 bits per heavy atom. The second-order valence-corrected chi connectivity index (χ2v) is 15.4. The Labute approximate surface area is 166 Å². The van der Waals surface area contributed by atoms with Crippen LogP contribution in [-0.4, -0.2) is 13.2 Å². The van der Waals surface area contributed by atoms with Gasteiger partial charge in [0.05, 0.1) is 8.07 Å². The minimum atomic E-state index is -1.54. The average Bonchev–Trinajstić information content (AvgIpc) is 2.52. The van der Waals surface area contributed by atoms with Gasteiger partial charge in [-0.1, -0.05) is 84.1 Å². The van der Waals surface area contributed by atoms with Crippen molar-refractivity contribution < 1.29 is 5.11 Å². The van der Waals surface area contributed by atoms with Crippen molar-refractivity contribution in [3.63, 3.8) is 0 Å². The van der Waals surface area contributed by atoms with Crippen LogP contribution in [0.4, 0.5) is 5.69 Å². The molecule has 0 heterocycles. The molecule has 0 aliphatic rings. The second kappa shape index (κ2) is 7.35. The number of phenols is 1. The summed E-state index contributed by atoms with van der Waals surface area (Å²) in [6.45, 7) is 17.9. The van der Waals surface area contributed by atoms with E-state index < -0.39 is 8.07 Å². The number of nitrogens with two attached hydrogens (primary N) is 1. The van der Waals surface area contributed by atoms with E-state index in [2.05, 4.69) is 78.9 Å². The van der Waals surface area contributed by atoms with Gasteiger partial charge in [-0.2, -0.15) is 0 Å². The van der Waals surface area contributed by atoms with Crippen molar-refractivity contribution in [2.45, 2.75) is 77.9 Å². The molecule has 3 heteroatoms. The SMILES string of the molecule is CC(C)(C)c1cc(CC[Si](C)(C)c2ccc(N)cc2)cc(C(C)(C)C)c1O. The molecule has 0 aliphatic carbocycles. The van der Waals surface area contributed by atoms with Gasteiger partial charge in [-0.05, 0) is 52.1 Å². The van der Waals surface area contributed by atoms with Gasteiger partial charge < -0.3 is 10.8 Å². The van der Waals surface area contributed by atoms with E-state index in [-0.39, 0.29) is 10.8 Å². The third-order valence-electron chi connectivity index (χ3n) is 5.52. The first kappa shape index (κ1) is 21.6. The molecule has 0 aromatic heterocycles. The van der Waals surface area contributed by atoms with Gasteiger partial charge in [0, 0.05) is 5.69 Å². The predicted octanol–water partition coefficient (Wildman–Crippen LogP) is 5.73. The first-order chi connectivity index (χ1) is 12.2. The van der Waals surface area contributed by atoms with Gasteiger partial charge in [-0.15, -0.1) is 0 Å². The monoisotopic (exact) mass is 383 g/mol. The molecule has 2 rings (SSSR count). The van der Waals surface area contributed by atoms with Gasteiger partial charge in [0.15, 0.2) is 0 Å². The number of benzene rings is 2. The fraction of sp³-hybridized carbons (Fsp3) is 0.500. The molecule has 0 saturated carbocycles. The van der Waals surface area contributed by atoms with E-state index in [1.807, 2.05) is 12.1 Å². The molecule has 0 atom stereocenters. The number of hydrogen-bond donors (Lipinski definition) is 2. The summed E-state index contributed by atoms with van der Waals surface area (Å²) in [5.41, 5.74) is 9.96. The second-order valence-electron chi connectivity index (χ2n) is 10.5. The van der Waals surface area contributed by atoms with E-state index in [1.165, 1.54) is 16.8 Å². The Hall–Kier alpha value is -1.74. The number of rotatable bonds is 4. The van der Waals surface area contributed by atoms with Crippen LogP contribution in [0.1, 0.15) is 58.2 Å². The summed E-state index contributed by atoms with van der Waals surface area (Å²) in [4.78, 5) is 0. The summed E-state index contributed by atoms with van der Waals surface area (Å²) < 4.78 is 0. The van der Waals surface area contributed by atoms with Crippen LogP contribution in [0.2, 0.25) is 19.1 Å². The molecule has 0 spiro atoms. The van der Waals surface area contributed by atoms with E-state index in [9.17, 15) is 5.11 Å². The maximum Gasteiger partial charge on any atom is 0.123 e. The first-order valence-corrected chi connectivity index (χ1v) is 13.2. The van der Waals surface area contributed by atoms with Crippen LogP contribution in [-0.2, 0) is 17.3 Å². The van der Waals surface area contributed by atoms with E-state index >= 15 is 0 Å². The molecule has 27 heavy (non-hydrogen) atoms. The number of aryl methyl sites for hydroxylation is 1. The maximum absolute atomic E-state index is 10.9. The van der Waals surface area contributed by atoms with Crippen molar-refractivity contribution in [2.75, 3.05) is 5.73 Å². The van der Waals surface area contributed by atoms with Gasteiger partial charge in [-0.25, -0.2) is 0 Å². The predicted molar refractivity (Wildman–Crippen MR) is 122 cm³/mol. The zero-order valence-electron chi connectivity index (χ0n) is 18.4. The summed E-state index contributed by atoms with van der Waals surface area (Å²) in [7, 11) is -1.54. The largest absolute Gasteiger partial charge is 0.507 e. The summed E-state index contributed by atoms with van der Waals surface area (Å²) in [6, 6.07) is 14.0. The fourth-order valence-corrected chi connectivity index (χ4v) is 5.79. The fourth-order valence-electron chi connectivity index (χ4n) is 3.52. The normalized spacial score (nSPS) is 13.0. The van der Waals surface area contributed by atoms with Crippen LogP contribution in [0.15, 0.2) is 36.4 Å². The molecule has 148 valence electrons. The molecule has 0 fully saturated rings. The van der Waals surface area contributed by atoms with Crippen LogP contribution in [0.5, 0.6) is 5.75 Å². The van der Waals surface area contributed by atoms with Crippen molar-refractivity contribution in [2.24, 2.45) is 0 Å². The molecule has 2 nitrogen and oxygen atoms in total. The molecule has 2 aromatic carbocycles. The van der Waals surface area contributed by atoms with Crippen molar-refractivity contribution in [1.82, 2.24) is 0 Å². The van der Waals surface area contributed by atoms with E-state index in [0.29, 0.717) is 5.75 Å². The van der Waals surface area contributed by atoms with Crippen molar-refractivity contribution in [3.8, 4) is 5.75 Å². The molecule has 0 saturated heterocycles. The lowest BCUT2D eigenvalue weighted by Crippen LogP contribution is -2.41. The van der Waals surface area contributed by atoms with Gasteiger partial charge >= 0.3 is 0 Å². The smallest absolute Gasteiger partial charge is 0.123 e. The molecule has 0 bridgehead atoms. The van der Waals surface area contributed by atoms with Crippen LogP contribution >= 0.6 is 0 Å². The molecule has 0 radical (unpaired) electrons. The van der Waals surface area contributed by atoms with E-state index in [1.54, 1.807) is 0 Å². The van der Waals surface area contributed by atoms with Crippen LogP contribution < -0.4 is 10.9 Å². The number of anilines is 1. The zero-order valence-corrected chi connectivity index (χ0v) is 19.4. The Balaban J connectivity index is 2.37. The number of aromatic hydroxyl groups is 1. The molecule has 0 aliphatic heterocycles. The van der Waals surface area contributed by atoms with Gasteiger partial charge in [0.25, 0.3) is 0 Å². The molecule has 0 amide bonds. The van der Waals surface area contributed by atoms with E-state index in [4.69, 9.17) is 5.73 Å². The van der Waals surface area contributed by atoms with Gasteiger partial charge in [0.2, 0.25) is 0 Å². The minimum absolute atomic E-state index is 0.0794. The van der Waals surface area contributed by atoms with Crippen LogP contribution in [0, 0.1) is 0 Å².